The predicted molar refractivity (Wildman–Crippen MR) is 72.8 cm³/mol. The highest BCUT2D eigenvalue weighted by Gasteiger charge is 2.14. The summed E-state index contributed by atoms with van der Waals surface area (Å²) in [6.07, 6.45) is 0. The summed E-state index contributed by atoms with van der Waals surface area (Å²) < 4.78 is 0. The molecule has 0 spiro atoms. The minimum atomic E-state index is -0.962. The van der Waals surface area contributed by atoms with Gasteiger partial charge < -0.3 is 15.7 Å². The van der Waals surface area contributed by atoms with Crippen LogP contribution in [0.4, 0.5) is 0 Å². The van der Waals surface area contributed by atoms with Crippen molar-refractivity contribution in [1.29, 1.82) is 0 Å². The molecule has 0 heterocycles. The molecule has 5 heteroatoms. The summed E-state index contributed by atoms with van der Waals surface area (Å²) >= 11 is 0. The van der Waals surface area contributed by atoms with Gasteiger partial charge in [-0.2, -0.15) is 0 Å². The first-order chi connectivity index (χ1) is 8.78. The van der Waals surface area contributed by atoms with E-state index < -0.39 is 5.60 Å². The molecule has 1 aromatic rings. The molecule has 0 aliphatic heterocycles. The second kappa shape index (κ2) is 6.33. The molecular weight excluding hydrogens is 244 g/mol. The van der Waals surface area contributed by atoms with Crippen molar-refractivity contribution in [2.45, 2.75) is 26.4 Å². The first kappa shape index (κ1) is 15.2. The Hall–Kier alpha value is -1.88. The van der Waals surface area contributed by atoms with E-state index in [1.165, 1.54) is 0 Å². The minimum absolute atomic E-state index is 0.108. The second-order valence-electron chi connectivity index (χ2n) is 5.14. The van der Waals surface area contributed by atoms with Gasteiger partial charge in [0, 0.05) is 12.1 Å². The quantitative estimate of drug-likeness (QED) is 0.729. The zero-order valence-electron chi connectivity index (χ0n) is 11.5. The van der Waals surface area contributed by atoms with Crippen LogP contribution in [0, 0.1) is 6.92 Å². The van der Waals surface area contributed by atoms with Gasteiger partial charge in [0.05, 0.1) is 12.1 Å². The van der Waals surface area contributed by atoms with Crippen molar-refractivity contribution in [2.24, 2.45) is 0 Å². The van der Waals surface area contributed by atoms with E-state index in [2.05, 4.69) is 10.6 Å². The highest BCUT2D eigenvalue weighted by molar-refractivity contribution is 5.96. The van der Waals surface area contributed by atoms with E-state index in [1.807, 2.05) is 13.0 Å². The van der Waals surface area contributed by atoms with Gasteiger partial charge in [-0.05, 0) is 32.9 Å². The predicted octanol–water partition coefficient (Wildman–Crippen LogP) is 0.612. The zero-order chi connectivity index (χ0) is 14.5. The Labute approximate surface area is 113 Å². The van der Waals surface area contributed by atoms with Crippen LogP contribution in [-0.4, -0.2) is 35.6 Å². The number of hydrogen-bond donors (Lipinski definition) is 3. The molecule has 1 aromatic carbocycles. The molecule has 5 nitrogen and oxygen atoms in total. The van der Waals surface area contributed by atoms with Crippen LogP contribution in [0.25, 0.3) is 0 Å². The van der Waals surface area contributed by atoms with Gasteiger partial charge in [-0.1, -0.05) is 17.7 Å². The van der Waals surface area contributed by atoms with Gasteiger partial charge in [0.2, 0.25) is 5.91 Å². The van der Waals surface area contributed by atoms with Gasteiger partial charge in [-0.25, -0.2) is 0 Å². The van der Waals surface area contributed by atoms with Crippen molar-refractivity contribution in [1.82, 2.24) is 10.6 Å². The molecule has 0 aliphatic carbocycles. The van der Waals surface area contributed by atoms with Crippen LogP contribution >= 0.6 is 0 Å². The number of amides is 2. The standard InChI is InChI=1S/C14H20N2O3/c1-10-5-4-6-11(7-10)13(18)15-8-12(17)16-9-14(2,3)19/h4-7,19H,8-9H2,1-3H3,(H,15,18)(H,16,17). The molecule has 1 rings (SSSR count). The lowest BCUT2D eigenvalue weighted by atomic mass is 10.1. The molecule has 3 N–H and O–H groups in total. The summed E-state index contributed by atoms with van der Waals surface area (Å²) in [7, 11) is 0. The molecule has 0 aliphatic rings. The number of aryl methyl sites for hydroxylation is 1. The molecule has 0 fully saturated rings. The van der Waals surface area contributed by atoms with Gasteiger partial charge in [0.25, 0.3) is 5.91 Å². The fourth-order valence-corrected chi connectivity index (χ4v) is 1.43. The van der Waals surface area contributed by atoms with Gasteiger partial charge in [0.15, 0.2) is 0 Å². The Morgan fingerprint density at radius 3 is 2.53 bits per heavy atom. The number of rotatable bonds is 5. The molecule has 0 saturated heterocycles. The maximum Gasteiger partial charge on any atom is 0.251 e. The summed E-state index contributed by atoms with van der Waals surface area (Å²) in [4.78, 5) is 23.2. The summed E-state index contributed by atoms with van der Waals surface area (Å²) in [6.45, 7) is 5.12. The number of benzene rings is 1. The molecule has 2 amide bonds. The van der Waals surface area contributed by atoms with E-state index in [0.29, 0.717) is 5.56 Å². The second-order valence-corrected chi connectivity index (χ2v) is 5.14. The van der Waals surface area contributed by atoms with E-state index in [4.69, 9.17) is 0 Å². The molecular formula is C14H20N2O3. The lowest BCUT2D eigenvalue weighted by Gasteiger charge is -2.17. The van der Waals surface area contributed by atoms with Crippen LogP contribution in [0.1, 0.15) is 29.8 Å². The Kier molecular flexibility index (Phi) is 5.06. The van der Waals surface area contributed by atoms with Gasteiger partial charge in [0.1, 0.15) is 0 Å². The number of carbonyl (C=O) groups is 2. The highest BCUT2D eigenvalue weighted by atomic mass is 16.3. The number of aliphatic hydroxyl groups is 1. The van der Waals surface area contributed by atoms with Crippen LogP contribution in [0.3, 0.4) is 0 Å². The monoisotopic (exact) mass is 264 g/mol. The van der Waals surface area contributed by atoms with Gasteiger partial charge in [-0.3, -0.25) is 9.59 Å². The van der Waals surface area contributed by atoms with Crippen LogP contribution in [0.15, 0.2) is 24.3 Å². The molecule has 0 radical (unpaired) electrons. The Morgan fingerprint density at radius 2 is 1.95 bits per heavy atom. The van der Waals surface area contributed by atoms with Crippen molar-refractivity contribution in [3.05, 3.63) is 35.4 Å². The topological polar surface area (TPSA) is 78.4 Å². The third-order valence-electron chi connectivity index (χ3n) is 2.41. The van der Waals surface area contributed by atoms with Crippen LogP contribution in [-0.2, 0) is 4.79 Å². The average molecular weight is 264 g/mol. The average Bonchev–Trinajstić information content (AvgIpc) is 2.32. The van der Waals surface area contributed by atoms with Gasteiger partial charge in [-0.15, -0.1) is 0 Å². The van der Waals surface area contributed by atoms with E-state index >= 15 is 0 Å². The van der Waals surface area contributed by atoms with Crippen molar-refractivity contribution >= 4 is 11.8 Å². The third kappa shape index (κ3) is 6.01. The number of hydrogen-bond acceptors (Lipinski definition) is 3. The van der Waals surface area contributed by atoms with E-state index in [-0.39, 0.29) is 24.9 Å². The maximum atomic E-state index is 11.8. The van der Waals surface area contributed by atoms with Crippen molar-refractivity contribution in [3.63, 3.8) is 0 Å². The van der Waals surface area contributed by atoms with Gasteiger partial charge >= 0.3 is 0 Å². The molecule has 0 bridgehead atoms. The summed E-state index contributed by atoms with van der Waals surface area (Å²) in [5.41, 5.74) is 0.547. The molecule has 0 saturated carbocycles. The van der Waals surface area contributed by atoms with Crippen molar-refractivity contribution in [3.8, 4) is 0 Å². The Bertz CT molecular complexity index is 464. The van der Waals surface area contributed by atoms with Crippen LogP contribution in [0.2, 0.25) is 0 Å². The molecule has 0 atom stereocenters. The maximum absolute atomic E-state index is 11.8. The largest absolute Gasteiger partial charge is 0.389 e. The fraction of sp³-hybridized carbons (Fsp3) is 0.429. The fourth-order valence-electron chi connectivity index (χ4n) is 1.43. The number of carbonyl (C=O) groups excluding carboxylic acids is 2. The SMILES string of the molecule is Cc1cccc(C(=O)NCC(=O)NCC(C)(C)O)c1. The third-order valence-corrected chi connectivity index (χ3v) is 2.41. The van der Waals surface area contributed by atoms with E-state index in [1.54, 1.807) is 32.0 Å². The number of nitrogens with one attached hydrogen (secondary N) is 2. The summed E-state index contributed by atoms with van der Waals surface area (Å²) in [6, 6.07) is 7.13. The summed E-state index contributed by atoms with van der Waals surface area (Å²) in [5, 5.41) is 14.5. The first-order valence-corrected chi connectivity index (χ1v) is 6.12. The summed E-state index contributed by atoms with van der Waals surface area (Å²) in [5.74, 6) is -0.620. The van der Waals surface area contributed by atoms with E-state index in [9.17, 15) is 14.7 Å². The molecule has 0 aromatic heterocycles. The molecule has 0 unspecified atom stereocenters. The van der Waals surface area contributed by atoms with Crippen molar-refractivity contribution < 1.29 is 14.7 Å². The van der Waals surface area contributed by atoms with Crippen LogP contribution in [0.5, 0.6) is 0 Å². The first-order valence-electron chi connectivity index (χ1n) is 6.12. The van der Waals surface area contributed by atoms with Crippen LogP contribution < -0.4 is 10.6 Å². The lowest BCUT2D eigenvalue weighted by molar-refractivity contribution is -0.121. The zero-order valence-corrected chi connectivity index (χ0v) is 11.5. The molecule has 19 heavy (non-hydrogen) atoms. The minimum Gasteiger partial charge on any atom is -0.389 e. The normalized spacial score (nSPS) is 10.9. The Balaban J connectivity index is 2.40. The van der Waals surface area contributed by atoms with Crippen molar-refractivity contribution in [2.75, 3.05) is 13.1 Å². The molecule has 104 valence electrons. The lowest BCUT2D eigenvalue weighted by Crippen LogP contribution is -2.43. The van der Waals surface area contributed by atoms with E-state index in [0.717, 1.165) is 5.56 Å². The highest BCUT2D eigenvalue weighted by Crippen LogP contribution is 2.03. The Morgan fingerprint density at radius 1 is 1.26 bits per heavy atom. The smallest absolute Gasteiger partial charge is 0.251 e.